The molecule has 0 spiro atoms. The molecular formula is C12H16O3. The summed E-state index contributed by atoms with van der Waals surface area (Å²) in [4.78, 5) is 21.8. The standard InChI is InChI=1S/C12H16O3/c1-2-3-4-5-6-7-8-10-9-11(13)15-12(10)14/h2,6-7,10H,1,3-5,8-9H2/b7-6+/t10-/m0/s1. The maximum absolute atomic E-state index is 11.1. The van der Waals surface area contributed by atoms with Crippen molar-refractivity contribution in [2.24, 2.45) is 5.92 Å². The van der Waals surface area contributed by atoms with E-state index in [1.807, 2.05) is 18.2 Å². The fourth-order valence-electron chi connectivity index (χ4n) is 1.46. The van der Waals surface area contributed by atoms with E-state index in [0.29, 0.717) is 6.42 Å². The second kappa shape index (κ2) is 6.17. The number of unbranched alkanes of at least 4 members (excludes halogenated alkanes) is 2. The zero-order valence-electron chi connectivity index (χ0n) is 8.78. The molecule has 0 aromatic carbocycles. The highest BCUT2D eigenvalue weighted by molar-refractivity contribution is 5.94. The van der Waals surface area contributed by atoms with Crippen LogP contribution >= 0.6 is 0 Å². The summed E-state index contributed by atoms with van der Waals surface area (Å²) in [5, 5.41) is 0. The van der Waals surface area contributed by atoms with Gasteiger partial charge in [0.05, 0.1) is 12.3 Å². The molecule has 0 aromatic heterocycles. The van der Waals surface area contributed by atoms with Crippen LogP contribution in [0.1, 0.15) is 32.1 Å². The average molecular weight is 208 g/mol. The molecule has 3 nitrogen and oxygen atoms in total. The molecule has 1 fully saturated rings. The first-order valence-corrected chi connectivity index (χ1v) is 5.24. The number of carbonyl (C=O) groups excluding carboxylic acids is 2. The van der Waals surface area contributed by atoms with Gasteiger partial charge in [0.1, 0.15) is 0 Å². The smallest absolute Gasteiger partial charge is 0.317 e. The molecule has 1 aliphatic rings. The quantitative estimate of drug-likeness (QED) is 0.291. The van der Waals surface area contributed by atoms with Gasteiger partial charge in [0.15, 0.2) is 0 Å². The topological polar surface area (TPSA) is 43.4 Å². The molecular weight excluding hydrogens is 192 g/mol. The molecule has 1 saturated heterocycles. The fraction of sp³-hybridized carbons (Fsp3) is 0.500. The normalized spacial score (nSPS) is 20.9. The van der Waals surface area contributed by atoms with Gasteiger partial charge in [-0.1, -0.05) is 18.2 Å². The molecule has 0 aromatic rings. The number of hydrogen-bond acceptors (Lipinski definition) is 3. The van der Waals surface area contributed by atoms with E-state index < -0.39 is 5.97 Å². The average Bonchev–Trinajstić information content (AvgIpc) is 2.51. The van der Waals surface area contributed by atoms with Crippen LogP contribution in [0.4, 0.5) is 0 Å². The number of cyclic esters (lactones) is 2. The Labute approximate surface area is 89.8 Å². The summed E-state index contributed by atoms with van der Waals surface area (Å²) in [5.41, 5.74) is 0. The molecule has 1 atom stereocenters. The molecule has 0 N–H and O–H groups in total. The molecule has 0 radical (unpaired) electrons. The van der Waals surface area contributed by atoms with Crippen molar-refractivity contribution in [3.8, 4) is 0 Å². The minimum absolute atomic E-state index is 0.232. The van der Waals surface area contributed by atoms with Gasteiger partial charge >= 0.3 is 11.9 Å². The van der Waals surface area contributed by atoms with Crippen LogP contribution in [0.25, 0.3) is 0 Å². The lowest BCUT2D eigenvalue weighted by atomic mass is 10.0. The Kier molecular flexibility index (Phi) is 4.81. The third kappa shape index (κ3) is 4.11. The monoisotopic (exact) mass is 208 g/mol. The Morgan fingerprint density at radius 2 is 2.13 bits per heavy atom. The van der Waals surface area contributed by atoms with Gasteiger partial charge in [0.2, 0.25) is 0 Å². The third-order valence-electron chi connectivity index (χ3n) is 2.33. The Morgan fingerprint density at radius 3 is 2.73 bits per heavy atom. The van der Waals surface area contributed by atoms with E-state index in [-0.39, 0.29) is 18.3 Å². The van der Waals surface area contributed by atoms with Crippen LogP contribution in [0.3, 0.4) is 0 Å². The predicted octanol–water partition coefficient (Wildman–Crippen LogP) is 2.38. The Balaban J connectivity index is 2.16. The van der Waals surface area contributed by atoms with Crippen molar-refractivity contribution in [3.05, 3.63) is 24.8 Å². The predicted molar refractivity (Wildman–Crippen MR) is 57.0 cm³/mol. The number of rotatable bonds is 6. The molecule has 0 saturated carbocycles. The number of ether oxygens (including phenoxy) is 1. The summed E-state index contributed by atoms with van der Waals surface area (Å²) in [7, 11) is 0. The van der Waals surface area contributed by atoms with E-state index >= 15 is 0 Å². The van der Waals surface area contributed by atoms with Gasteiger partial charge in [-0.05, 0) is 25.7 Å². The van der Waals surface area contributed by atoms with Crippen molar-refractivity contribution in [3.63, 3.8) is 0 Å². The molecule has 0 aliphatic carbocycles. The molecule has 3 heteroatoms. The van der Waals surface area contributed by atoms with Crippen molar-refractivity contribution in [2.75, 3.05) is 0 Å². The molecule has 1 aliphatic heterocycles. The van der Waals surface area contributed by atoms with Crippen molar-refractivity contribution < 1.29 is 14.3 Å². The van der Waals surface area contributed by atoms with Gasteiger partial charge in [-0.15, -0.1) is 6.58 Å². The summed E-state index contributed by atoms with van der Waals surface area (Å²) in [6.07, 6.45) is 9.80. The molecule has 82 valence electrons. The second-order valence-corrected chi connectivity index (χ2v) is 3.62. The van der Waals surface area contributed by atoms with Gasteiger partial charge in [-0.25, -0.2) is 0 Å². The first-order valence-electron chi connectivity index (χ1n) is 5.24. The second-order valence-electron chi connectivity index (χ2n) is 3.62. The van der Waals surface area contributed by atoms with Crippen molar-refractivity contribution in [1.29, 1.82) is 0 Å². The van der Waals surface area contributed by atoms with Crippen molar-refractivity contribution in [2.45, 2.75) is 32.1 Å². The lowest BCUT2D eigenvalue weighted by Crippen LogP contribution is -2.05. The molecule has 15 heavy (non-hydrogen) atoms. The highest BCUT2D eigenvalue weighted by Crippen LogP contribution is 2.19. The Bertz CT molecular complexity index is 279. The molecule has 1 rings (SSSR count). The van der Waals surface area contributed by atoms with Crippen LogP contribution in [-0.2, 0) is 14.3 Å². The van der Waals surface area contributed by atoms with Crippen LogP contribution in [0.2, 0.25) is 0 Å². The molecule has 1 heterocycles. The lowest BCUT2D eigenvalue weighted by Gasteiger charge is -1.97. The maximum Gasteiger partial charge on any atom is 0.317 e. The van der Waals surface area contributed by atoms with E-state index in [2.05, 4.69) is 11.3 Å². The minimum atomic E-state index is -0.398. The molecule has 0 unspecified atom stereocenters. The van der Waals surface area contributed by atoms with E-state index in [1.165, 1.54) is 0 Å². The first-order chi connectivity index (χ1) is 7.24. The third-order valence-corrected chi connectivity index (χ3v) is 2.33. The maximum atomic E-state index is 11.1. The van der Waals surface area contributed by atoms with Crippen LogP contribution in [-0.4, -0.2) is 11.9 Å². The van der Waals surface area contributed by atoms with Crippen LogP contribution in [0.15, 0.2) is 24.8 Å². The summed E-state index contributed by atoms with van der Waals surface area (Å²) in [5.74, 6) is -1.03. The fourth-order valence-corrected chi connectivity index (χ4v) is 1.46. The highest BCUT2D eigenvalue weighted by Gasteiger charge is 2.31. The van der Waals surface area contributed by atoms with Crippen LogP contribution in [0, 0.1) is 5.92 Å². The van der Waals surface area contributed by atoms with E-state index in [1.54, 1.807) is 0 Å². The van der Waals surface area contributed by atoms with Gasteiger partial charge < -0.3 is 4.74 Å². The largest absolute Gasteiger partial charge is 0.393 e. The molecule has 0 bridgehead atoms. The van der Waals surface area contributed by atoms with Gasteiger partial charge in [-0.2, -0.15) is 0 Å². The zero-order valence-corrected chi connectivity index (χ0v) is 8.78. The SMILES string of the molecule is C=CCCC/C=C/C[C@H]1CC(=O)OC1=O. The van der Waals surface area contributed by atoms with Gasteiger partial charge in [0, 0.05) is 0 Å². The first kappa shape index (κ1) is 11.7. The number of hydrogen-bond donors (Lipinski definition) is 0. The van der Waals surface area contributed by atoms with Crippen LogP contribution in [0.5, 0.6) is 0 Å². The highest BCUT2D eigenvalue weighted by atomic mass is 16.6. The Morgan fingerprint density at radius 1 is 1.33 bits per heavy atom. The minimum Gasteiger partial charge on any atom is -0.393 e. The number of carbonyl (C=O) groups is 2. The lowest BCUT2D eigenvalue weighted by molar-refractivity contribution is -0.153. The van der Waals surface area contributed by atoms with E-state index in [0.717, 1.165) is 19.3 Å². The number of allylic oxidation sites excluding steroid dienone is 3. The summed E-state index contributed by atoms with van der Waals surface area (Å²) in [6.45, 7) is 3.64. The van der Waals surface area contributed by atoms with Gasteiger partial charge in [0.25, 0.3) is 0 Å². The van der Waals surface area contributed by atoms with Crippen molar-refractivity contribution in [1.82, 2.24) is 0 Å². The number of esters is 2. The molecule has 0 amide bonds. The zero-order chi connectivity index (χ0) is 11.1. The summed E-state index contributed by atoms with van der Waals surface area (Å²) >= 11 is 0. The van der Waals surface area contributed by atoms with Crippen LogP contribution < -0.4 is 0 Å². The van der Waals surface area contributed by atoms with Crippen molar-refractivity contribution >= 4 is 11.9 Å². The summed E-state index contributed by atoms with van der Waals surface area (Å²) < 4.78 is 4.44. The van der Waals surface area contributed by atoms with E-state index in [9.17, 15) is 9.59 Å². The summed E-state index contributed by atoms with van der Waals surface area (Å²) in [6, 6.07) is 0. The Hall–Kier alpha value is -1.38. The van der Waals surface area contributed by atoms with Gasteiger partial charge in [-0.3, -0.25) is 9.59 Å². The van der Waals surface area contributed by atoms with E-state index in [4.69, 9.17) is 0 Å².